The Balaban J connectivity index is 1.90. The summed E-state index contributed by atoms with van der Waals surface area (Å²) in [5, 5.41) is 13.8. The largest absolute Gasteiger partial charge is 0.490 e. The highest BCUT2D eigenvalue weighted by Crippen LogP contribution is 2.34. The number of rotatable bonds is 7. The first kappa shape index (κ1) is 22.9. The molecule has 1 heterocycles. The van der Waals surface area contributed by atoms with Crippen LogP contribution >= 0.6 is 0 Å². The van der Waals surface area contributed by atoms with Gasteiger partial charge in [0.15, 0.2) is 18.1 Å². The first-order valence-electron chi connectivity index (χ1n) is 9.50. The van der Waals surface area contributed by atoms with Gasteiger partial charge in [-0.1, -0.05) is 12.1 Å². The van der Waals surface area contributed by atoms with Gasteiger partial charge >= 0.3 is 12.1 Å². The molecular weight excluding hydrogens is 429 g/mol. The fourth-order valence-corrected chi connectivity index (χ4v) is 2.98. The molecule has 1 amide bonds. The quantitative estimate of drug-likeness (QED) is 0.636. The number of hydrazone groups is 1. The molecule has 0 spiro atoms. The zero-order chi connectivity index (χ0) is 23.5. The number of carbonyl (C=O) groups is 2. The molecular formula is C22H19F3N2O5. The van der Waals surface area contributed by atoms with E-state index in [0.717, 1.165) is 17.1 Å². The molecule has 3 rings (SSSR count). The van der Waals surface area contributed by atoms with Crippen molar-refractivity contribution >= 4 is 29.4 Å². The van der Waals surface area contributed by atoms with Crippen LogP contribution in [-0.2, 0) is 15.8 Å². The Hall–Kier alpha value is -3.82. The number of benzene rings is 2. The minimum absolute atomic E-state index is 0.000000994. The number of hydrogen-bond donors (Lipinski definition) is 1. The van der Waals surface area contributed by atoms with Crippen LogP contribution in [0, 0.1) is 0 Å². The van der Waals surface area contributed by atoms with Crippen LogP contribution in [-0.4, -0.2) is 35.9 Å². The Morgan fingerprint density at radius 3 is 2.56 bits per heavy atom. The summed E-state index contributed by atoms with van der Waals surface area (Å²) in [6.45, 7) is 3.07. The lowest BCUT2D eigenvalue weighted by Gasteiger charge is -2.14. The molecule has 2 aromatic rings. The van der Waals surface area contributed by atoms with Gasteiger partial charge in [-0.25, -0.2) is 4.79 Å². The van der Waals surface area contributed by atoms with E-state index in [1.807, 2.05) is 0 Å². The lowest BCUT2D eigenvalue weighted by atomic mass is 10.1. The van der Waals surface area contributed by atoms with E-state index >= 15 is 0 Å². The number of amides is 1. The number of carboxylic acids is 1. The SMILES string of the molecule is CCOc1cc(C=C2C(=O)N(c3cccc(C(F)(F)F)c3)N=C2C)ccc1OCC(=O)O. The van der Waals surface area contributed by atoms with E-state index in [1.165, 1.54) is 24.3 Å². The third-order valence-electron chi connectivity index (χ3n) is 4.41. The summed E-state index contributed by atoms with van der Waals surface area (Å²) in [7, 11) is 0. The lowest BCUT2D eigenvalue weighted by Crippen LogP contribution is -2.21. The highest BCUT2D eigenvalue weighted by Gasteiger charge is 2.33. The maximum absolute atomic E-state index is 13.0. The van der Waals surface area contributed by atoms with Gasteiger partial charge in [0.2, 0.25) is 0 Å². The molecule has 10 heteroatoms. The summed E-state index contributed by atoms with van der Waals surface area (Å²) in [4.78, 5) is 23.6. The van der Waals surface area contributed by atoms with Crippen molar-refractivity contribution in [3.8, 4) is 11.5 Å². The second kappa shape index (κ2) is 9.13. The van der Waals surface area contributed by atoms with Gasteiger partial charge in [-0.2, -0.15) is 23.3 Å². The zero-order valence-corrected chi connectivity index (χ0v) is 17.1. The number of carboxylic acid groups (broad SMARTS) is 1. The number of anilines is 1. The van der Waals surface area contributed by atoms with Gasteiger partial charge in [0.25, 0.3) is 5.91 Å². The Morgan fingerprint density at radius 1 is 1.16 bits per heavy atom. The Labute approximate surface area is 181 Å². The van der Waals surface area contributed by atoms with Crippen LogP contribution in [0.15, 0.2) is 53.1 Å². The highest BCUT2D eigenvalue weighted by atomic mass is 19.4. The number of carbonyl (C=O) groups excluding carboxylic acids is 1. The van der Waals surface area contributed by atoms with Crippen molar-refractivity contribution in [3.63, 3.8) is 0 Å². The Bertz CT molecular complexity index is 1110. The van der Waals surface area contributed by atoms with Crippen LogP contribution < -0.4 is 14.5 Å². The van der Waals surface area contributed by atoms with Gasteiger partial charge < -0.3 is 14.6 Å². The molecule has 0 unspecified atom stereocenters. The summed E-state index contributed by atoms with van der Waals surface area (Å²) in [5.41, 5.74) is 0.187. The molecule has 32 heavy (non-hydrogen) atoms. The normalized spacial score (nSPS) is 15.2. The fourth-order valence-electron chi connectivity index (χ4n) is 2.98. The molecule has 1 aliphatic heterocycles. The summed E-state index contributed by atoms with van der Waals surface area (Å²) < 4.78 is 49.7. The molecule has 0 atom stereocenters. The third kappa shape index (κ3) is 5.08. The van der Waals surface area contributed by atoms with E-state index in [9.17, 15) is 22.8 Å². The second-order valence-corrected chi connectivity index (χ2v) is 6.73. The number of aliphatic carboxylic acids is 1. The summed E-state index contributed by atoms with van der Waals surface area (Å²) >= 11 is 0. The number of alkyl halides is 3. The number of halogens is 3. The van der Waals surface area contributed by atoms with Gasteiger partial charge in [-0.3, -0.25) is 4.79 Å². The second-order valence-electron chi connectivity index (χ2n) is 6.73. The maximum atomic E-state index is 13.0. The van der Waals surface area contributed by atoms with Crippen molar-refractivity contribution in [3.05, 3.63) is 59.2 Å². The molecule has 7 nitrogen and oxygen atoms in total. The molecule has 1 aliphatic rings. The van der Waals surface area contributed by atoms with Crippen LogP contribution in [0.3, 0.4) is 0 Å². The van der Waals surface area contributed by atoms with Crippen molar-refractivity contribution in [1.82, 2.24) is 0 Å². The van der Waals surface area contributed by atoms with Gasteiger partial charge in [0.1, 0.15) is 0 Å². The van der Waals surface area contributed by atoms with E-state index in [4.69, 9.17) is 14.6 Å². The minimum Gasteiger partial charge on any atom is -0.490 e. The van der Waals surface area contributed by atoms with Crippen LogP contribution in [0.25, 0.3) is 6.08 Å². The third-order valence-corrected chi connectivity index (χ3v) is 4.41. The molecule has 0 saturated heterocycles. The highest BCUT2D eigenvalue weighted by molar-refractivity contribution is 6.32. The molecule has 1 N–H and O–H groups in total. The topological polar surface area (TPSA) is 88.4 Å². The molecule has 0 fully saturated rings. The van der Waals surface area contributed by atoms with E-state index in [0.29, 0.717) is 17.9 Å². The summed E-state index contributed by atoms with van der Waals surface area (Å²) in [6.07, 6.45) is -3.02. The molecule has 0 aliphatic carbocycles. The van der Waals surface area contributed by atoms with Crippen molar-refractivity contribution < 1.29 is 37.3 Å². The molecule has 2 aromatic carbocycles. The zero-order valence-electron chi connectivity index (χ0n) is 17.1. The monoisotopic (exact) mass is 448 g/mol. The predicted octanol–water partition coefficient (Wildman–Crippen LogP) is 4.37. The van der Waals surface area contributed by atoms with Crippen molar-refractivity contribution in [1.29, 1.82) is 0 Å². The first-order chi connectivity index (χ1) is 15.1. The number of nitrogens with zero attached hydrogens (tertiary/aromatic N) is 2. The van der Waals surface area contributed by atoms with Crippen LogP contribution in [0.1, 0.15) is 25.0 Å². The molecule has 0 aromatic heterocycles. The average molecular weight is 448 g/mol. The predicted molar refractivity (Wildman–Crippen MR) is 111 cm³/mol. The van der Waals surface area contributed by atoms with E-state index in [1.54, 1.807) is 26.0 Å². The van der Waals surface area contributed by atoms with Gasteiger partial charge in [0, 0.05) is 0 Å². The maximum Gasteiger partial charge on any atom is 0.416 e. The first-order valence-corrected chi connectivity index (χ1v) is 9.50. The molecule has 0 bridgehead atoms. The molecule has 0 saturated carbocycles. The fraction of sp³-hybridized carbons (Fsp3) is 0.227. The minimum atomic E-state index is -4.55. The van der Waals surface area contributed by atoms with Gasteiger partial charge in [0.05, 0.1) is 29.1 Å². The van der Waals surface area contributed by atoms with E-state index < -0.39 is 30.2 Å². The average Bonchev–Trinajstić information content (AvgIpc) is 3.01. The summed E-state index contributed by atoms with van der Waals surface area (Å²) in [5.74, 6) is -1.20. The van der Waals surface area contributed by atoms with E-state index in [-0.39, 0.29) is 22.8 Å². The van der Waals surface area contributed by atoms with Gasteiger partial charge in [-0.15, -0.1) is 0 Å². The van der Waals surface area contributed by atoms with Crippen molar-refractivity contribution in [2.45, 2.75) is 20.0 Å². The van der Waals surface area contributed by atoms with Crippen molar-refractivity contribution in [2.75, 3.05) is 18.2 Å². The standard InChI is InChI=1S/C22H19F3N2O5/c1-3-31-19-10-14(7-8-18(19)32-12-20(28)29)9-17-13(2)26-27(21(17)30)16-6-4-5-15(11-16)22(23,24)25/h4-11H,3,12H2,1-2H3,(H,28,29). The van der Waals surface area contributed by atoms with Crippen LogP contribution in [0.2, 0.25) is 0 Å². The van der Waals surface area contributed by atoms with Crippen LogP contribution in [0.4, 0.5) is 18.9 Å². The number of ether oxygens (including phenoxy) is 2. The van der Waals surface area contributed by atoms with Crippen LogP contribution in [0.5, 0.6) is 11.5 Å². The smallest absolute Gasteiger partial charge is 0.416 e. The van der Waals surface area contributed by atoms with Gasteiger partial charge in [-0.05, 0) is 55.8 Å². The molecule has 168 valence electrons. The van der Waals surface area contributed by atoms with E-state index in [2.05, 4.69) is 5.10 Å². The lowest BCUT2D eigenvalue weighted by molar-refractivity contribution is -0.139. The molecule has 0 radical (unpaired) electrons. The summed E-state index contributed by atoms with van der Waals surface area (Å²) in [6, 6.07) is 9.04. The Morgan fingerprint density at radius 2 is 1.91 bits per heavy atom. The number of hydrogen-bond acceptors (Lipinski definition) is 5. The Kier molecular flexibility index (Phi) is 6.52. The van der Waals surface area contributed by atoms with Crippen molar-refractivity contribution in [2.24, 2.45) is 5.10 Å².